The van der Waals surface area contributed by atoms with Gasteiger partial charge in [-0.05, 0) is 23.4 Å². The molecular formula is C14H15NS. The molecule has 0 aliphatic carbocycles. The number of hydrogen-bond acceptors (Lipinski definition) is 2. The molecule has 0 saturated carbocycles. The van der Waals surface area contributed by atoms with Crippen LogP contribution in [0.25, 0.3) is 11.3 Å². The van der Waals surface area contributed by atoms with Gasteiger partial charge >= 0.3 is 0 Å². The first-order chi connectivity index (χ1) is 7.92. The first-order valence-corrected chi connectivity index (χ1v) is 6.64. The molecule has 1 nitrogen and oxygen atoms in total. The van der Waals surface area contributed by atoms with Crippen LogP contribution in [0.3, 0.4) is 0 Å². The molecule has 2 aromatic rings. The lowest BCUT2D eigenvalue weighted by Crippen LogP contribution is -1.89. The number of benzene rings is 1. The minimum atomic E-state index is 1.06. The second kappa shape index (κ2) is 5.71. The summed E-state index contributed by atoms with van der Waals surface area (Å²) in [5, 5.41) is 0. The van der Waals surface area contributed by atoms with Crippen molar-refractivity contribution in [3.05, 3.63) is 54.2 Å². The van der Waals surface area contributed by atoms with Gasteiger partial charge in [-0.15, -0.1) is 0 Å². The number of thioether (sulfide) groups is 1. The fourth-order valence-electron chi connectivity index (χ4n) is 1.63. The molecule has 2 rings (SSSR count). The van der Waals surface area contributed by atoms with Crippen LogP contribution in [0.4, 0.5) is 0 Å². The molecule has 1 aromatic carbocycles. The van der Waals surface area contributed by atoms with Gasteiger partial charge in [-0.2, -0.15) is 11.8 Å². The third kappa shape index (κ3) is 2.64. The first kappa shape index (κ1) is 11.2. The second-order valence-electron chi connectivity index (χ2n) is 3.51. The quantitative estimate of drug-likeness (QED) is 0.786. The summed E-state index contributed by atoms with van der Waals surface area (Å²) in [5.74, 6) is 2.21. The molecule has 1 heterocycles. The molecule has 0 bridgehead atoms. The molecule has 1 aromatic heterocycles. The average Bonchev–Trinajstić information content (AvgIpc) is 2.38. The summed E-state index contributed by atoms with van der Waals surface area (Å²) in [4.78, 5) is 4.41. The van der Waals surface area contributed by atoms with E-state index in [0.29, 0.717) is 0 Å². The molecule has 0 fully saturated rings. The molecule has 0 aliphatic heterocycles. The number of aromatic nitrogens is 1. The Balaban J connectivity index is 2.33. The standard InChI is InChI=1S/C14H15NS/c1-2-16-11-12-7-3-4-8-13(12)14-9-5-6-10-15-14/h3-10H,2,11H2,1H3. The Bertz CT molecular complexity index is 439. The molecule has 2 heteroatoms. The van der Waals surface area contributed by atoms with Gasteiger partial charge in [0.1, 0.15) is 0 Å². The predicted molar refractivity (Wildman–Crippen MR) is 71.5 cm³/mol. The molecule has 0 amide bonds. The summed E-state index contributed by atoms with van der Waals surface area (Å²) in [6.45, 7) is 2.19. The fraction of sp³-hybridized carbons (Fsp3) is 0.214. The van der Waals surface area contributed by atoms with E-state index in [1.54, 1.807) is 0 Å². The minimum absolute atomic E-state index is 1.06. The average molecular weight is 229 g/mol. The summed E-state index contributed by atoms with van der Waals surface area (Å²) >= 11 is 1.94. The first-order valence-electron chi connectivity index (χ1n) is 5.49. The monoisotopic (exact) mass is 229 g/mol. The Morgan fingerprint density at radius 3 is 2.62 bits per heavy atom. The van der Waals surface area contributed by atoms with Gasteiger partial charge in [-0.1, -0.05) is 37.3 Å². The molecule has 0 aliphatic rings. The third-order valence-corrected chi connectivity index (χ3v) is 3.34. The lowest BCUT2D eigenvalue weighted by molar-refractivity contribution is 1.29. The maximum absolute atomic E-state index is 4.41. The van der Waals surface area contributed by atoms with Gasteiger partial charge in [-0.3, -0.25) is 4.98 Å². The highest BCUT2D eigenvalue weighted by molar-refractivity contribution is 7.98. The highest BCUT2D eigenvalue weighted by atomic mass is 32.2. The van der Waals surface area contributed by atoms with Crippen molar-refractivity contribution in [3.63, 3.8) is 0 Å². The van der Waals surface area contributed by atoms with Gasteiger partial charge in [0.25, 0.3) is 0 Å². The Kier molecular flexibility index (Phi) is 4.00. The molecule has 0 atom stereocenters. The normalized spacial score (nSPS) is 10.3. The number of rotatable bonds is 4. The maximum atomic E-state index is 4.41. The third-order valence-electron chi connectivity index (χ3n) is 2.42. The number of pyridine rings is 1. The van der Waals surface area contributed by atoms with Crippen LogP contribution in [0.1, 0.15) is 12.5 Å². The van der Waals surface area contributed by atoms with Gasteiger partial charge in [0, 0.05) is 17.5 Å². The highest BCUT2D eigenvalue weighted by Crippen LogP contribution is 2.24. The minimum Gasteiger partial charge on any atom is -0.256 e. The Labute approximate surface area is 101 Å². The number of hydrogen-bond donors (Lipinski definition) is 0. The van der Waals surface area contributed by atoms with E-state index in [1.807, 2.05) is 30.1 Å². The van der Waals surface area contributed by atoms with E-state index in [4.69, 9.17) is 0 Å². The van der Waals surface area contributed by atoms with Gasteiger partial charge in [0.05, 0.1) is 5.69 Å². The predicted octanol–water partition coefficient (Wildman–Crippen LogP) is 4.00. The number of nitrogens with zero attached hydrogens (tertiary/aromatic N) is 1. The Morgan fingerprint density at radius 2 is 1.88 bits per heavy atom. The molecular weight excluding hydrogens is 214 g/mol. The van der Waals surface area contributed by atoms with Gasteiger partial charge in [0.15, 0.2) is 0 Å². The Hall–Kier alpha value is -1.28. The van der Waals surface area contributed by atoms with Crippen LogP contribution in [0.5, 0.6) is 0 Å². The van der Waals surface area contributed by atoms with Gasteiger partial charge in [0.2, 0.25) is 0 Å². The van der Waals surface area contributed by atoms with E-state index in [2.05, 4.69) is 42.2 Å². The maximum Gasteiger partial charge on any atom is 0.0705 e. The van der Waals surface area contributed by atoms with E-state index in [1.165, 1.54) is 11.1 Å². The van der Waals surface area contributed by atoms with Crippen LogP contribution in [0.15, 0.2) is 48.7 Å². The highest BCUT2D eigenvalue weighted by Gasteiger charge is 2.04. The topological polar surface area (TPSA) is 12.9 Å². The molecule has 0 radical (unpaired) electrons. The van der Waals surface area contributed by atoms with Gasteiger partial charge < -0.3 is 0 Å². The fourth-order valence-corrected chi connectivity index (χ4v) is 2.31. The summed E-state index contributed by atoms with van der Waals surface area (Å²) in [5.41, 5.74) is 3.69. The van der Waals surface area contributed by atoms with Gasteiger partial charge in [-0.25, -0.2) is 0 Å². The zero-order chi connectivity index (χ0) is 11.2. The SMILES string of the molecule is CCSCc1ccccc1-c1ccccn1. The van der Waals surface area contributed by atoms with Crippen molar-refractivity contribution >= 4 is 11.8 Å². The van der Waals surface area contributed by atoms with Crippen molar-refractivity contribution in [2.24, 2.45) is 0 Å². The van der Waals surface area contributed by atoms with Crippen molar-refractivity contribution in [1.29, 1.82) is 0 Å². The molecule has 0 spiro atoms. The van der Waals surface area contributed by atoms with Crippen LogP contribution >= 0.6 is 11.8 Å². The van der Waals surface area contributed by atoms with Crippen LogP contribution < -0.4 is 0 Å². The van der Waals surface area contributed by atoms with Crippen molar-refractivity contribution in [2.45, 2.75) is 12.7 Å². The second-order valence-corrected chi connectivity index (χ2v) is 4.78. The molecule has 82 valence electrons. The summed E-state index contributed by atoms with van der Waals surface area (Å²) in [6.07, 6.45) is 1.85. The molecule has 0 N–H and O–H groups in total. The summed E-state index contributed by atoms with van der Waals surface area (Å²) in [7, 11) is 0. The van der Waals surface area contributed by atoms with Crippen LogP contribution in [0, 0.1) is 0 Å². The molecule has 0 unspecified atom stereocenters. The zero-order valence-corrected chi connectivity index (χ0v) is 10.2. The van der Waals surface area contributed by atoms with Crippen LogP contribution in [-0.2, 0) is 5.75 Å². The van der Waals surface area contributed by atoms with Crippen molar-refractivity contribution in [3.8, 4) is 11.3 Å². The van der Waals surface area contributed by atoms with Crippen molar-refractivity contribution in [2.75, 3.05) is 5.75 Å². The zero-order valence-electron chi connectivity index (χ0n) is 9.39. The summed E-state index contributed by atoms with van der Waals surface area (Å²) < 4.78 is 0. The van der Waals surface area contributed by atoms with E-state index in [0.717, 1.165) is 17.2 Å². The smallest absolute Gasteiger partial charge is 0.0705 e. The van der Waals surface area contributed by atoms with Crippen molar-refractivity contribution < 1.29 is 0 Å². The van der Waals surface area contributed by atoms with Crippen LogP contribution in [-0.4, -0.2) is 10.7 Å². The Morgan fingerprint density at radius 1 is 1.06 bits per heavy atom. The summed E-state index contributed by atoms with van der Waals surface area (Å²) in [6, 6.07) is 14.6. The molecule has 16 heavy (non-hydrogen) atoms. The van der Waals surface area contributed by atoms with E-state index in [9.17, 15) is 0 Å². The van der Waals surface area contributed by atoms with E-state index < -0.39 is 0 Å². The lowest BCUT2D eigenvalue weighted by Gasteiger charge is -2.07. The molecule has 0 saturated heterocycles. The largest absolute Gasteiger partial charge is 0.256 e. The van der Waals surface area contributed by atoms with Crippen molar-refractivity contribution in [1.82, 2.24) is 4.98 Å². The van der Waals surface area contributed by atoms with E-state index >= 15 is 0 Å². The lowest BCUT2D eigenvalue weighted by atomic mass is 10.1. The van der Waals surface area contributed by atoms with E-state index in [-0.39, 0.29) is 0 Å². The van der Waals surface area contributed by atoms with Crippen LogP contribution in [0.2, 0.25) is 0 Å².